The number of aliphatic hydroxyl groups is 1. The van der Waals surface area contributed by atoms with Crippen molar-refractivity contribution in [3.05, 3.63) is 46.5 Å². The van der Waals surface area contributed by atoms with Gasteiger partial charge in [0.1, 0.15) is 41.3 Å². The number of halogens is 1. The van der Waals surface area contributed by atoms with Gasteiger partial charge in [-0.15, -0.1) is 16.8 Å². The van der Waals surface area contributed by atoms with E-state index in [9.17, 15) is 43.5 Å². The summed E-state index contributed by atoms with van der Waals surface area (Å²) in [6.45, 7) is 5.29. The van der Waals surface area contributed by atoms with Crippen molar-refractivity contribution >= 4 is 76.6 Å². The SMILES string of the molecule is COc1cc2cc(c1Cl)N(C)C(=O)C[C@H](OC(=O)COCCCSC1CC(=O)N(CC3CCC(C(=O)ON4C(=O)CCC4=O)CC3)C1=O)[C@]1(C)O[C@H]1[C@H](C)C1C[C@@](O)(NC(=O)O1)[C@H](OC)/C=C/C=C(\C)C2. The van der Waals surface area contributed by atoms with E-state index in [1.165, 1.54) is 35.8 Å². The molecular formula is C49H63ClN4O16S. The molecule has 1 aliphatic carbocycles. The van der Waals surface area contributed by atoms with Crippen LogP contribution in [0.25, 0.3) is 0 Å². The van der Waals surface area contributed by atoms with Crippen LogP contribution < -0.4 is 15.0 Å². The second kappa shape index (κ2) is 22.8. The van der Waals surface area contributed by atoms with Gasteiger partial charge in [0.05, 0.1) is 36.5 Å². The first kappa shape index (κ1) is 53.7. The Morgan fingerprint density at radius 2 is 1.72 bits per heavy atom. The summed E-state index contributed by atoms with van der Waals surface area (Å²) in [5, 5.41) is 14.5. The number of likely N-dealkylation sites (tertiary alicyclic amines) is 1. The van der Waals surface area contributed by atoms with E-state index in [0.717, 1.165) is 11.1 Å². The molecule has 2 N–H and O–H groups in total. The zero-order valence-electron chi connectivity index (χ0n) is 40.8. The van der Waals surface area contributed by atoms with Gasteiger partial charge in [0.15, 0.2) is 5.72 Å². The standard InChI is InChI=1S/C49H63ClN4O16S/c1-27-9-7-10-36(65-6)49(63)24-34(67-47(62)51-49)28(2)44-48(3,69-44)37(23-40(57)52(4)32-20-30(19-27)21-33(64-5)43(32)50)68-42(59)26-66-17-8-18-71-35-22-41(58)53(45(35)60)25-29-11-13-31(14-12-29)46(61)70-54-38(55)15-16-39(54)56/h7,9-10,20-21,28-29,31,34-37,44,63H,8,11-19,22-26H2,1-6H3,(H,51,62)/b10-7+,27-9+/t28-,29?,31?,34?,35?,36-,37+,44+,48+,49+/m1/s1. The number of rotatable bonds is 14. The number of nitrogens with one attached hydrogen (secondary N) is 1. The Kier molecular flexibility index (Phi) is 17.2. The zero-order chi connectivity index (χ0) is 51.4. The number of anilines is 1. The van der Waals surface area contributed by atoms with Crippen molar-refractivity contribution in [1.82, 2.24) is 15.3 Å². The minimum atomic E-state index is -1.86. The number of thioether (sulfide) groups is 1. The first-order valence-corrected chi connectivity index (χ1v) is 25.4. The fraction of sp³-hybridized carbons (Fsp3) is 0.633. The molecule has 4 bridgehead atoms. The molecule has 7 rings (SSSR count). The molecule has 0 aromatic heterocycles. The molecule has 1 aromatic rings. The maximum Gasteiger partial charge on any atom is 0.409 e. The van der Waals surface area contributed by atoms with Crippen LogP contribution in [-0.2, 0) is 68.5 Å². The Balaban J connectivity index is 0.935. The molecule has 0 spiro atoms. The van der Waals surface area contributed by atoms with Crippen LogP contribution in [0.4, 0.5) is 10.5 Å². The van der Waals surface area contributed by atoms with Crippen molar-refractivity contribution < 1.29 is 76.7 Å². The van der Waals surface area contributed by atoms with Gasteiger partial charge in [-0.1, -0.05) is 42.3 Å². The van der Waals surface area contributed by atoms with Crippen LogP contribution in [0.1, 0.15) is 90.5 Å². The molecule has 1 aromatic carbocycles. The van der Waals surface area contributed by atoms with Gasteiger partial charge in [0.2, 0.25) is 17.7 Å². The predicted molar refractivity (Wildman–Crippen MR) is 254 cm³/mol. The second-order valence-corrected chi connectivity index (χ2v) is 21.0. The summed E-state index contributed by atoms with van der Waals surface area (Å²) in [4.78, 5) is 111. The Morgan fingerprint density at radius 1 is 1.00 bits per heavy atom. The van der Waals surface area contributed by atoms with Gasteiger partial charge in [-0.05, 0) is 81.7 Å². The lowest BCUT2D eigenvalue weighted by molar-refractivity contribution is -0.201. The normalized spacial score (nSPS) is 32.7. The van der Waals surface area contributed by atoms with E-state index in [1.807, 2.05) is 13.0 Å². The van der Waals surface area contributed by atoms with E-state index in [-0.39, 0.29) is 68.0 Å². The highest BCUT2D eigenvalue weighted by Crippen LogP contribution is 2.49. The molecule has 388 valence electrons. The quantitative estimate of drug-likeness (QED) is 0.114. The van der Waals surface area contributed by atoms with Gasteiger partial charge in [-0.3, -0.25) is 34.2 Å². The molecule has 22 heteroatoms. The number of carbonyl (C=O) groups is 8. The number of methoxy groups -OCH3 is 2. The van der Waals surface area contributed by atoms with E-state index < -0.39 is 95.2 Å². The minimum Gasteiger partial charge on any atom is -0.495 e. The number of fused-ring (bicyclic) bond motifs is 5. The molecule has 5 fully saturated rings. The smallest absolute Gasteiger partial charge is 0.409 e. The number of amides is 6. The van der Waals surface area contributed by atoms with Gasteiger partial charge in [0, 0.05) is 58.9 Å². The topological polar surface area (TPSA) is 246 Å². The number of hydrogen-bond acceptors (Lipinski definition) is 17. The molecule has 6 amide bonds. The molecule has 0 radical (unpaired) electrons. The summed E-state index contributed by atoms with van der Waals surface area (Å²) in [6, 6.07) is 3.55. The van der Waals surface area contributed by atoms with Gasteiger partial charge < -0.3 is 43.3 Å². The summed E-state index contributed by atoms with van der Waals surface area (Å²) in [7, 11) is 4.45. The van der Waals surface area contributed by atoms with Crippen LogP contribution in [0.3, 0.4) is 0 Å². The lowest BCUT2D eigenvalue weighted by atomic mass is 9.82. The maximum atomic E-state index is 14.2. The molecule has 5 heterocycles. The van der Waals surface area contributed by atoms with Crippen molar-refractivity contribution in [2.24, 2.45) is 17.8 Å². The predicted octanol–water partition coefficient (Wildman–Crippen LogP) is 4.35. The minimum absolute atomic E-state index is 0.00120. The van der Waals surface area contributed by atoms with E-state index in [1.54, 1.807) is 45.2 Å². The third-order valence-electron chi connectivity index (χ3n) is 14.2. The number of hydroxylamine groups is 2. The summed E-state index contributed by atoms with van der Waals surface area (Å²) >= 11 is 8.12. The lowest BCUT2D eigenvalue weighted by Crippen LogP contribution is -2.63. The fourth-order valence-electron chi connectivity index (χ4n) is 9.98. The molecule has 5 aliphatic heterocycles. The largest absolute Gasteiger partial charge is 0.495 e. The maximum absolute atomic E-state index is 14.2. The molecular weight excluding hydrogens is 968 g/mol. The Morgan fingerprint density at radius 3 is 2.41 bits per heavy atom. The van der Waals surface area contributed by atoms with Crippen LogP contribution in [0.5, 0.6) is 5.75 Å². The molecule has 20 nitrogen and oxygen atoms in total. The van der Waals surface area contributed by atoms with Crippen LogP contribution in [0.15, 0.2) is 35.9 Å². The van der Waals surface area contributed by atoms with Crippen LogP contribution in [0.2, 0.25) is 5.02 Å². The summed E-state index contributed by atoms with van der Waals surface area (Å²) in [5.74, 6) is -3.70. The zero-order valence-corrected chi connectivity index (χ0v) is 42.4. The molecule has 8 atom stereocenters. The molecule has 6 aliphatic rings. The number of ether oxygens (including phenoxy) is 6. The number of allylic oxidation sites excluding steroid dienone is 3. The monoisotopic (exact) mass is 1030 g/mol. The number of carbonyl (C=O) groups excluding carboxylic acids is 8. The van der Waals surface area contributed by atoms with E-state index in [4.69, 9.17) is 44.9 Å². The number of alkyl carbamates (subject to hydrolysis) is 1. The number of hydrogen-bond donors (Lipinski definition) is 2. The van der Waals surface area contributed by atoms with E-state index in [2.05, 4.69) is 5.32 Å². The highest BCUT2D eigenvalue weighted by Gasteiger charge is 2.64. The third kappa shape index (κ3) is 12.4. The average Bonchev–Trinajstić information content (AvgIpc) is 3.84. The highest BCUT2D eigenvalue weighted by atomic mass is 35.5. The van der Waals surface area contributed by atoms with Gasteiger partial charge in [-0.2, -0.15) is 0 Å². The Labute approximate surface area is 421 Å². The number of epoxide rings is 1. The Hall–Kier alpha value is -5.06. The van der Waals surface area contributed by atoms with Gasteiger partial charge in [0.25, 0.3) is 11.8 Å². The van der Waals surface area contributed by atoms with Crippen molar-refractivity contribution in [3.63, 3.8) is 0 Å². The number of esters is 1. The first-order chi connectivity index (χ1) is 33.7. The van der Waals surface area contributed by atoms with Crippen LogP contribution in [-0.4, -0.2) is 150 Å². The van der Waals surface area contributed by atoms with Crippen molar-refractivity contribution in [1.29, 1.82) is 0 Å². The molecule has 4 saturated heterocycles. The van der Waals surface area contributed by atoms with Crippen molar-refractivity contribution in [3.8, 4) is 5.75 Å². The number of benzene rings is 1. The lowest BCUT2D eigenvalue weighted by Gasteiger charge is -2.42. The highest BCUT2D eigenvalue weighted by molar-refractivity contribution is 8.00. The van der Waals surface area contributed by atoms with Gasteiger partial charge in [-0.25, -0.2) is 14.4 Å². The van der Waals surface area contributed by atoms with E-state index in [0.29, 0.717) is 60.8 Å². The van der Waals surface area contributed by atoms with Crippen molar-refractivity contribution in [2.45, 2.75) is 132 Å². The molecule has 71 heavy (non-hydrogen) atoms. The summed E-state index contributed by atoms with van der Waals surface area (Å²) < 4.78 is 34.9. The number of nitrogens with zero attached hydrogens (tertiary/aromatic N) is 3. The summed E-state index contributed by atoms with van der Waals surface area (Å²) in [6.07, 6.45) is 3.25. The molecule has 1 saturated carbocycles. The first-order valence-electron chi connectivity index (χ1n) is 23.9. The second-order valence-electron chi connectivity index (χ2n) is 19.3. The van der Waals surface area contributed by atoms with E-state index >= 15 is 0 Å². The number of imide groups is 2. The molecule has 2 unspecified atom stereocenters. The summed E-state index contributed by atoms with van der Waals surface area (Å²) in [5.41, 5.74) is -1.04. The van der Waals surface area contributed by atoms with Gasteiger partial charge >= 0.3 is 18.0 Å². The van der Waals surface area contributed by atoms with Crippen LogP contribution >= 0.6 is 23.4 Å². The van der Waals surface area contributed by atoms with Crippen molar-refractivity contribution in [2.75, 3.05) is 51.7 Å². The fourth-order valence-corrected chi connectivity index (χ4v) is 11.4. The average molecular weight is 1030 g/mol. The van der Waals surface area contributed by atoms with Crippen LogP contribution in [0, 0.1) is 17.8 Å². The third-order valence-corrected chi connectivity index (χ3v) is 15.9. The Bertz CT molecular complexity index is 2310.